The van der Waals surface area contributed by atoms with Gasteiger partial charge in [0.05, 0.1) is 41.4 Å². The van der Waals surface area contributed by atoms with Crippen LogP contribution in [-0.2, 0) is 19.2 Å². The maximum Gasteiger partial charge on any atom is 0.249 e. The molecule has 8 aliphatic rings. The van der Waals surface area contributed by atoms with E-state index in [0.29, 0.717) is 104 Å². The first-order valence-electron chi connectivity index (χ1n) is 36.2. The number of imide groups is 2. The number of nitrogen functional groups attached to an aromatic ring is 1. The van der Waals surface area contributed by atoms with Crippen LogP contribution in [0.2, 0.25) is 0 Å². The largest absolute Gasteiger partial charge is 0.507 e. The van der Waals surface area contributed by atoms with Crippen molar-refractivity contribution >= 4 is 52.3 Å². The number of nitrogens with one attached hydrogen (secondary N) is 3. The van der Waals surface area contributed by atoms with Crippen LogP contribution in [0.4, 0.5) is 37.5 Å². The summed E-state index contributed by atoms with van der Waals surface area (Å²) in [5, 5.41) is 48.6. The number of nitrogens with two attached hydrogens (primary N) is 1. The van der Waals surface area contributed by atoms with Crippen LogP contribution < -0.4 is 41.0 Å². The number of pyridine rings is 2. The summed E-state index contributed by atoms with van der Waals surface area (Å²) in [6.45, 7) is 5.38. The average molecular weight is 1380 g/mol. The molecule has 22 nitrogen and oxygen atoms in total. The number of carbonyl (C=O) groups is 4. The molecule has 8 aromatic rings. The van der Waals surface area contributed by atoms with E-state index in [2.05, 4.69) is 90.2 Å². The monoisotopic (exact) mass is 1380 g/mol. The third-order valence-electron chi connectivity index (χ3n) is 22.9. The number of phenols is 2. The molecule has 0 spiro atoms. The minimum absolute atomic E-state index is 0.0228. The maximum absolute atomic E-state index is 17.5. The van der Waals surface area contributed by atoms with Crippen LogP contribution in [0.25, 0.3) is 45.0 Å². The zero-order valence-corrected chi connectivity index (χ0v) is 56.7. The molecule has 2 saturated carbocycles. The SMILES string of the molecule is Nc1nnc(-c2ccc(Nc3nnc(-c4ccccc4O)cc3-c3nccc(C4CCN(C5CCC(c6cccc7c6OCCN7[C@@H]6CCC(=O)NC6=O)CC5)CC4)c3F)cc2O)cc1-c1nccc(C2CCN([C@H]3CC[C@H](c4cccc5c4OCCN5C4CCC(=O)NC4=O)CC3)CC2)c1F. The molecule has 4 aromatic carbocycles. The highest BCUT2D eigenvalue weighted by molar-refractivity contribution is 6.03. The lowest BCUT2D eigenvalue weighted by Crippen LogP contribution is -2.54. The third-order valence-corrected chi connectivity index (χ3v) is 22.9. The molecule has 4 aromatic heterocycles. The Morgan fingerprint density at radius 1 is 0.471 bits per heavy atom. The van der Waals surface area contributed by atoms with Gasteiger partial charge in [0.2, 0.25) is 23.6 Å². The number of halogens is 2. The molecule has 2 atom stereocenters. The number of carbonyl (C=O) groups excluding carboxylic acids is 4. The number of aromatic hydroxyl groups is 2. The number of anilines is 5. The number of rotatable bonds is 14. The predicted octanol–water partition coefficient (Wildman–Crippen LogP) is 11.6. The van der Waals surface area contributed by atoms with Crippen molar-refractivity contribution in [2.75, 3.05) is 73.3 Å². The van der Waals surface area contributed by atoms with E-state index in [9.17, 15) is 29.4 Å². The molecule has 7 N–H and O–H groups in total. The molecule has 16 rings (SSSR count). The minimum Gasteiger partial charge on any atom is -0.507 e. The van der Waals surface area contributed by atoms with E-state index in [-0.39, 0.29) is 92.4 Å². The number of para-hydroxylation sites is 3. The van der Waals surface area contributed by atoms with E-state index in [1.54, 1.807) is 73.1 Å². The van der Waals surface area contributed by atoms with Crippen molar-refractivity contribution in [3.05, 3.63) is 149 Å². The van der Waals surface area contributed by atoms with Gasteiger partial charge in [0.25, 0.3) is 0 Å². The van der Waals surface area contributed by atoms with E-state index < -0.39 is 23.7 Å². The van der Waals surface area contributed by atoms with E-state index in [1.807, 2.05) is 12.1 Å². The molecule has 6 aliphatic heterocycles. The number of amides is 4. The molecular formula is C78H82F2N14O8. The number of aromatic nitrogens is 6. The fraction of sp³-hybridized carbons (Fsp3) is 0.410. The minimum atomic E-state index is -0.480. The van der Waals surface area contributed by atoms with Gasteiger partial charge in [0.1, 0.15) is 59.7 Å². The van der Waals surface area contributed by atoms with Crippen molar-refractivity contribution in [1.82, 2.24) is 50.8 Å². The molecule has 1 unspecified atom stereocenters. The van der Waals surface area contributed by atoms with Crippen LogP contribution in [0, 0.1) is 11.6 Å². The summed E-state index contributed by atoms with van der Waals surface area (Å²) < 4.78 is 47.2. The quantitative estimate of drug-likeness (QED) is 0.0552. The summed E-state index contributed by atoms with van der Waals surface area (Å²) in [6, 6.07) is 30.7. The lowest BCUT2D eigenvalue weighted by Gasteiger charge is -2.42. The first-order valence-corrected chi connectivity index (χ1v) is 36.2. The van der Waals surface area contributed by atoms with Gasteiger partial charge in [0.15, 0.2) is 23.3 Å². The number of phenolic OH excluding ortho intramolecular Hbond substituents is 2. The Morgan fingerprint density at radius 2 is 0.951 bits per heavy atom. The van der Waals surface area contributed by atoms with Gasteiger partial charge in [-0.25, -0.2) is 8.78 Å². The van der Waals surface area contributed by atoms with Crippen molar-refractivity contribution in [2.45, 2.75) is 151 Å². The lowest BCUT2D eigenvalue weighted by atomic mass is 9.79. The van der Waals surface area contributed by atoms with Crippen LogP contribution >= 0.6 is 0 Å². The highest BCUT2D eigenvalue weighted by Crippen LogP contribution is 2.49. The third kappa shape index (κ3) is 13.0. The highest BCUT2D eigenvalue weighted by Gasteiger charge is 2.41. The molecule has 102 heavy (non-hydrogen) atoms. The first-order chi connectivity index (χ1) is 49.8. The molecule has 526 valence electrons. The summed E-state index contributed by atoms with van der Waals surface area (Å²) in [6.07, 6.45) is 15.9. The lowest BCUT2D eigenvalue weighted by molar-refractivity contribution is -0.135. The highest BCUT2D eigenvalue weighted by atomic mass is 19.1. The number of hydrogen-bond donors (Lipinski definition) is 6. The van der Waals surface area contributed by atoms with E-state index in [1.165, 1.54) is 17.2 Å². The standard InChI is InChI=1S/C78H82F2N14O8/c79-69-51(46-27-33-91(34-28-46)49-16-11-44(12-17-49)53-6-3-8-61-73(53)101-39-37-93(61)63-21-23-67(97)85-77(63)99)25-31-82-71(69)57-42-59(87-89-75(57)81)56-20-15-48(41-66(56)96)84-76-58(43-60(88-90-76)55-5-1-2-10-65(55)95)72-70(80)52(26-32-83-72)47-29-35-92(36-30-47)50-18-13-45(14-19-50)54-7-4-9-62-74(54)102-40-38-94(62)64-22-24-68(98)86-78(64)100/h1-10,15,20,25-26,31-32,41-47,49-50,63-64,95-96H,11-14,16-19,21-24,27-30,33-40H2,(H2,81,89)(H,84,90)(H,85,97,99)(H,86,98,100)/t44-,45?,49-,50?,63?,64-/m1/s1. The van der Waals surface area contributed by atoms with Crippen LogP contribution in [0.3, 0.4) is 0 Å². The second kappa shape index (κ2) is 28.3. The number of likely N-dealkylation sites (tertiary alicyclic amines) is 2. The Kier molecular flexibility index (Phi) is 18.4. The van der Waals surface area contributed by atoms with Gasteiger partial charge in [-0.2, -0.15) is 0 Å². The van der Waals surface area contributed by atoms with Gasteiger partial charge in [-0.3, -0.25) is 39.8 Å². The maximum atomic E-state index is 17.5. The van der Waals surface area contributed by atoms with E-state index in [4.69, 9.17) is 15.2 Å². The fourth-order valence-corrected chi connectivity index (χ4v) is 17.6. The Morgan fingerprint density at radius 3 is 1.46 bits per heavy atom. The number of nitrogens with zero attached hydrogens (tertiary/aromatic N) is 10. The smallest absolute Gasteiger partial charge is 0.249 e. The Hall–Kier alpha value is -10.2. The van der Waals surface area contributed by atoms with Crippen LogP contribution in [0.5, 0.6) is 23.0 Å². The summed E-state index contributed by atoms with van der Waals surface area (Å²) in [5.41, 5.74) is 13.9. The number of benzene rings is 4. The van der Waals surface area contributed by atoms with Gasteiger partial charge in [0, 0.05) is 65.8 Å². The first kappa shape index (κ1) is 66.4. The van der Waals surface area contributed by atoms with Gasteiger partial charge in [-0.1, -0.05) is 36.4 Å². The fourth-order valence-electron chi connectivity index (χ4n) is 17.6. The van der Waals surface area contributed by atoms with Gasteiger partial charge < -0.3 is 50.3 Å². The number of hydrogen-bond acceptors (Lipinski definition) is 20. The number of piperidine rings is 4. The Balaban J connectivity index is 0.569. The number of ether oxygens (including phenoxy) is 2. The Labute approximate surface area is 589 Å². The van der Waals surface area contributed by atoms with Crippen LogP contribution in [0.15, 0.2) is 116 Å². The normalized spacial score (nSPS) is 23.2. The van der Waals surface area contributed by atoms with Crippen molar-refractivity contribution < 1.29 is 47.6 Å². The Bertz CT molecular complexity index is 4550. The second-order valence-electron chi connectivity index (χ2n) is 28.6. The summed E-state index contributed by atoms with van der Waals surface area (Å²) >= 11 is 0. The zero-order valence-electron chi connectivity index (χ0n) is 56.7. The zero-order chi connectivity index (χ0) is 69.7. The van der Waals surface area contributed by atoms with Crippen LogP contribution in [-0.4, -0.2) is 151 Å². The van der Waals surface area contributed by atoms with Gasteiger partial charge >= 0.3 is 0 Å². The molecule has 2 aliphatic carbocycles. The molecule has 24 heteroatoms. The molecule has 4 saturated heterocycles. The predicted molar refractivity (Wildman–Crippen MR) is 380 cm³/mol. The van der Waals surface area contributed by atoms with E-state index in [0.717, 1.165) is 126 Å². The average Bonchev–Trinajstić information content (AvgIpc) is 0.790. The van der Waals surface area contributed by atoms with Crippen molar-refractivity contribution in [1.29, 1.82) is 0 Å². The molecule has 4 amide bonds. The topological polar surface area (TPSA) is 280 Å². The van der Waals surface area contributed by atoms with Crippen molar-refractivity contribution in [2.24, 2.45) is 0 Å². The van der Waals surface area contributed by atoms with Crippen molar-refractivity contribution in [3.63, 3.8) is 0 Å². The summed E-state index contributed by atoms with van der Waals surface area (Å²) in [7, 11) is 0. The van der Waals surface area contributed by atoms with Crippen molar-refractivity contribution in [3.8, 4) is 68.0 Å². The summed E-state index contributed by atoms with van der Waals surface area (Å²) in [5.74, 6) is 0.172. The molecule has 0 bridgehead atoms. The van der Waals surface area contributed by atoms with Crippen LogP contribution in [0.1, 0.15) is 149 Å². The second-order valence-corrected chi connectivity index (χ2v) is 28.6. The molecule has 10 heterocycles. The van der Waals surface area contributed by atoms with Gasteiger partial charge in [-0.15, -0.1) is 20.4 Å². The summed E-state index contributed by atoms with van der Waals surface area (Å²) in [4.78, 5) is 68.2. The van der Waals surface area contributed by atoms with E-state index >= 15 is 8.78 Å². The molecular weight excluding hydrogens is 1300 g/mol. The van der Waals surface area contributed by atoms with Gasteiger partial charge in [-0.05, 0) is 223 Å². The molecule has 0 radical (unpaired) electrons. The number of fused-ring (bicyclic) bond motifs is 2. The molecule has 6 fully saturated rings.